The summed E-state index contributed by atoms with van der Waals surface area (Å²) in [5.74, 6) is -0.347. The lowest BCUT2D eigenvalue weighted by atomic mass is 9.77. The highest BCUT2D eigenvalue weighted by atomic mass is 19.2. The molecule has 1 aromatic carbocycles. The van der Waals surface area contributed by atoms with E-state index in [2.05, 4.69) is 25.4 Å². The molecule has 1 aromatic heterocycles. The Hall–Kier alpha value is -2.39. The number of rotatable bonds is 5. The minimum Gasteiger partial charge on any atom is -0.379 e. The summed E-state index contributed by atoms with van der Waals surface area (Å²) in [6.45, 7) is 4.37. The number of aromatic nitrogens is 3. The number of benzene rings is 1. The van der Waals surface area contributed by atoms with Gasteiger partial charge in [-0.3, -0.25) is 14.8 Å². The Labute approximate surface area is 167 Å². The number of nitrogens with zero attached hydrogens (tertiary/aromatic N) is 3. The van der Waals surface area contributed by atoms with E-state index in [4.69, 9.17) is 4.74 Å². The lowest BCUT2D eigenvalue weighted by molar-refractivity contribution is 0.0124. The quantitative estimate of drug-likeness (QED) is 0.796. The SMILES string of the molecule is CO[C@H]1C[C@@H]2CN(Cc3n[nH]c(C)n3)C[C@@H]2C[C@@H]1NC(=O)c1cccc(F)c1F. The maximum atomic E-state index is 14.0. The normalized spacial score (nSPS) is 27.0. The van der Waals surface area contributed by atoms with E-state index in [0.717, 1.165) is 43.6 Å². The zero-order valence-electron chi connectivity index (χ0n) is 16.5. The molecule has 1 saturated heterocycles. The molecule has 2 N–H and O–H groups in total. The Kier molecular flexibility index (Phi) is 5.60. The summed E-state index contributed by atoms with van der Waals surface area (Å²) >= 11 is 0. The maximum absolute atomic E-state index is 14.0. The van der Waals surface area contributed by atoms with Crippen LogP contribution in [0.1, 0.15) is 34.8 Å². The number of nitrogens with one attached hydrogen (secondary N) is 2. The zero-order valence-corrected chi connectivity index (χ0v) is 16.5. The monoisotopic (exact) mass is 405 g/mol. The van der Waals surface area contributed by atoms with Crippen molar-refractivity contribution in [1.82, 2.24) is 25.4 Å². The summed E-state index contributed by atoms with van der Waals surface area (Å²) in [7, 11) is 1.62. The van der Waals surface area contributed by atoms with Crippen LogP contribution in [0.5, 0.6) is 0 Å². The molecule has 2 heterocycles. The molecule has 4 rings (SSSR count). The fraction of sp³-hybridized carbons (Fsp3) is 0.550. The summed E-state index contributed by atoms with van der Waals surface area (Å²) in [6, 6.07) is 3.37. The topological polar surface area (TPSA) is 83.1 Å². The molecule has 2 aromatic rings. The summed E-state index contributed by atoms with van der Waals surface area (Å²) in [6.07, 6.45) is 1.37. The van der Waals surface area contributed by atoms with Crippen LogP contribution in [0, 0.1) is 30.4 Å². The molecule has 1 saturated carbocycles. The highest BCUT2D eigenvalue weighted by Gasteiger charge is 2.43. The minimum absolute atomic E-state index is 0.164. The van der Waals surface area contributed by atoms with Crippen molar-refractivity contribution in [3.8, 4) is 0 Å². The number of halogens is 2. The van der Waals surface area contributed by atoms with Gasteiger partial charge in [0.15, 0.2) is 17.5 Å². The third-order valence-electron chi connectivity index (χ3n) is 6.02. The smallest absolute Gasteiger partial charge is 0.254 e. The molecule has 2 fully saturated rings. The van der Waals surface area contributed by atoms with E-state index in [1.807, 2.05) is 6.92 Å². The van der Waals surface area contributed by atoms with E-state index in [9.17, 15) is 13.6 Å². The summed E-state index contributed by atoms with van der Waals surface area (Å²) in [4.78, 5) is 19.2. The van der Waals surface area contributed by atoms with E-state index in [0.29, 0.717) is 18.4 Å². The molecule has 0 bridgehead atoms. The number of hydrogen-bond acceptors (Lipinski definition) is 5. The molecular weight excluding hydrogens is 380 g/mol. The molecule has 1 amide bonds. The van der Waals surface area contributed by atoms with Crippen LogP contribution in [-0.4, -0.2) is 58.3 Å². The van der Waals surface area contributed by atoms with Crippen molar-refractivity contribution in [1.29, 1.82) is 0 Å². The first-order valence-corrected chi connectivity index (χ1v) is 9.82. The molecule has 4 atom stereocenters. The number of amides is 1. The predicted octanol–water partition coefficient (Wildman–Crippen LogP) is 2.05. The average Bonchev–Trinajstić information content (AvgIpc) is 3.28. The second-order valence-electron chi connectivity index (χ2n) is 7.98. The molecule has 1 aliphatic heterocycles. The van der Waals surface area contributed by atoms with Gasteiger partial charge in [0, 0.05) is 20.2 Å². The lowest BCUT2D eigenvalue weighted by Gasteiger charge is -2.37. The lowest BCUT2D eigenvalue weighted by Crippen LogP contribution is -2.50. The van der Waals surface area contributed by atoms with Gasteiger partial charge in [-0.2, -0.15) is 5.10 Å². The van der Waals surface area contributed by atoms with Gasteiger partial charge in [-0.05, 0) is 43.7 Å². The van der Waals surface area contributed by atoms with E-state index in [1.54, 1.807) is 7.11 Å². The number of aryl methyl sites for hydroxylation is 1. The van der Waals surface area contributed by atoms with E-state index < -0.39 is 17.5 Å². The standard InChI is InChI=1S/C20H25F2N5O2/c1-11-23-18(26-25-11)10-27-8-12-6-16(17(29-2)7-13(12)9-27)24-20(28)14-4-3-5-15(21)19(14)22/h3-5,12-13,16-17H,6-10H2,1-2H3,(H,24,28)(H,23,25,26)/t12-,13+,16-,17-/m0/s1. The van der Waals surface area contributed by atoms with Crippen molar-refractivity contribution in [3.63, 3.8) is 0 Å². The van der Waals surface area contributed by atoms with Crippen LogP contribution < -0.4 is 5.32 Å². The van der Waals surface area contributed by atoms with Gasteiger partial charge < -0.3 is 10.1 Å². The van der Waals surface area contributed by atoms with Crippen molar-refractivity contribution in [3.05, 3.63) is 47.0 Å². The third kappa shape index (κ3) is 4.16. The van der Waals surface area contributed by atoms with Crippen LogP contribution >= 0.6 is 0 Å². The number of fused-ring (bicyclic) bond motifs is 1. The van der Waals surface area contributed by atoms with Crippen LogP contribution in [-0.2, 0) is 11.3 Å². The Bertz CT molecular complexity index is 890. The van der Waals surface area contributed by atoms with Crippen LogP contribution in [0.15, 0.2) is 18.2 Å². The predicted molar refractivity (Wildman–Crippen MR) is 101 cm³/mol. The van der Waals surface area contributed by atoms with Crippen molar-refractivity contribution >= 4 is 5.91 Å². The highest BCUT2D eigenvalue weighted by molar-refractivity contribution is 5.94. The first kappa shape index (κ1) is 19.9. The molecule has 2 aliphatic rings. The molecule has 0 unspecified atom stereocenters. The molecule has 7 nitrogen and oxygen atoms in total. The fourth-order valence-electron chi connectivity index (χ4n) is 4.64. The average molecular weight is 405 g/mol. The minimum atomic E-state index is -1.12. The molecule has 29 heavy (non-hydrogen) atoms. The fourth-order valence-corrected chi connectivity index (χ4v) is 4.64. The van der Waals surface area contributed by atoms with E-state index >= 15 is 0 Å². The number of carbonyl (C=O) groups excluding carboxylic acids is 1. The van der Waals surface area contributed by atoms with Gasteiger partial charge in [-0.15, -0.1) is 0 Å². The Morgan fingerprint density at radius 2 is 2.07 bits per heavy atom. The van der Waals surface area contributed by atoms with Crippen LogP contribution in [0.4, 0.5) is 8.78 Å². The Balaban J connectivity index is 1.41. The number of ether oxygens (including phenoxy) is 1. The van der Waals surface area contributed by atoms with E-state index in [-0.39, 0.29) is 17.7 Å². The van der Waals surface area contributed by atoms with Crippen molar-refractivity contribution in [2.45, 2.75) is 38.5 Å². The van der Waals surface area contributed by atoms with Gasteiger partial charge in [-0.1, -0.05) is 6.07 Å². The zero-order chi connectivity index (χ0) is 20.5. The maximum Gasteiger partial charge on any atom is 0.254 e. The summed E-state index contributed by atoms with van der Waals surface area (Å²) in [5, 5.41) is 9.93. The summed E-state index contributed by atoms with van der Waals surface area (Å²) in [5.41, 5.74) is -0.282. The second-order valence-corrected chi connectivity index (χ2v) is 7.98. The van der Waals surface area contributed by atoms with Gasteiger partial charge in [0.1, 0.15) is 5.82 Å². The van der Waals surface area contributed by atoms with Crippen molar-refractivity contribution in [2.24, 2.45) is 11.8 Å². The molecule has 0 radical (unpaired) electrons. The molecular formula is C20H25F2N5O2. The molecule has 156 valence electrons. The van der Waals surface area contributed by atoms with Gasteiger partial charge in [0.25, 0.3) is 5.91 Å². The Morgan fingerprint density at radius 3 is 2.76 bits per heavy atom. The first-order valence-electron chi connectivity index (χ1n) is 9.82. The molecule has 1 aliphatic carbocycles. The van der Waals surface area contributed by atoms with Gasteiger partial charge in [-0.25, -0.2) is 13.8 Å². The van der Waals surface area contributed by atoms with Gasteiger partial charge in [0.2, 0.25) is 0 Å². The van der Waals surface area contributed by atoms with Crippen molar-refractivity contribution in [2.75, 3.05) is 20.2 Å². The number of aromatic amines is 1. The largest absolute Gasteiger partial charge is 0.379 e. The van der Waals surface area contributed by atoms with Crippen molar-refractivity contribution < 1.29 is 18.3 Å². The molecule has 9 heteroatoms. The third-order valence-corrected chi connectivity index (χ3v) is 6.02. The van der Waals surface area contributed by atoms with Crippen LogP contribution in [0.2, 0.25) is 0 Å². The molecule has 0 spiro atoms. The number of hydrogen-bond donors (Lipinski definition) is 2. The number of H-pyrrole nitrogens is 1. The first-order chi connectivity index (χ1) is 13.9. The van der Waals surface area contributed by atoms with Crippen LogP contribution in [0.3, 0.4) is 0 Å². The summed E-state index contributed by atoms with van der Waals surface area (Å²) < 4.78 is 33.1. The highest BCUT2D eigenvalue weighted by Crippen LogP contribution is 2.38. The number of methoxy groups -OCH3 is 1. The van der Waals surface area contributed by atoms with Crippen LogP contribution in [0.25, 0.3) is 0 Å². The Morgan fingerprint density at radius 1 is 1.31 bits per heavy atom. The van der Waals surface area contributed by atoms with E-state index in [1.165, 1.54) is 12.1 Å². The second kappa shape index (κ2) is 8.16. The number of likely N-dealkylation sites (tertiary alicyclic amines) is 1. The van der Waals surface area contributed by atoms with Gasteiger partial charge >= 0.3 is 0 Å². The van der Waals surface area contributed by atoms with Gasteiger partial charge in [0.05, 0.1) is 24.3 Å². The number of carbonyl (C=O) groups is 1.